The first kappa shape index (κ1) is 20.7. The summed E-state index contributed by atoms with van der Waals surface area (Å²) < 4.78 is 0. The van der Waals surface area contributed by atoms with Gasteiger partial charge in [-0.15, -0.1) is 0 Å². The number of unbranched alkanes of at least 4 members (excludes halogenated alkanes) is 12. The second-order valence-electron chi connectivity index (χ2n) is 7.49. The minimum absolute atomic E-state index is 1.31. The molecule has 0 amide bonds. The van der Waals surface area contributed by atoms with E-state index in [0.29, 0.717) is 0 Å². The molecule has 0 N–H and O–H groups in total. The van der Waals surface area contributed by atoms with E-state index >= 15 is 0 Å². The average Bonchev–Trinajstić information content (AvgIpc) is 3.08. The highest BCUT2D eigenvalue weighted by Crippen LogP contribution is 2.12. The van der Waals surface area contributed by atoms with E-state index in [0.717, 1.165) is 0 Å². The first-order chi connectivity index (χ1) is 11.4. The third-order valence-corrected chi connectivity index (χ3v) is 5.18. The Hall–Kier alpha value is -0.300. The molecule has 0 unspecified atom stereocenters. The fourth-order valence-corrected chi connectivity index (χ4v) is 3.59. The number of likely N-dealkylation sites (tertiary alicyclic amines) is 1. The fourth-order valence-electron chi connectivity index (χ4n) is 3.59. The molecule has 23 heavy (non-hydrogen) atoms. The minimum atomic E-state index is 1.31. The monoisotopic (exact) mass is 321 g/mol. The zero-order valence-corrected chi connectivity index (χ0v) is 16.0. The van der Waals surface area contributed by atoms with Crippen molar-refractivity contribution in [1.29, 1.82) is 0 Å². The van der Waals surface area contributed by atoms with E-state index < -0.39 is 0 Å². The van der Waals surface area contributed by atoms with Gasteiger partial charge in [0.15, 0.2) is 0 Å². The van der Waals surface area contributed by atoms with Crippen LogP contribution in [0.15, 0.2) is 12.2 Å². The second kappa shape index (κ2) is 16.6. The van der Waals surface area contributed by atoms with Gasteiger partial charge in [-0.25, -0.2) is 0 Å². The van der Waals surface area contributed by atoms with Gasteiger partial charge in [-0.2, -0.15) is 0 Å². The van der Waals surface area contributed by atoms with Crippen LogP contribution in [-0.4, -0.2) is 24.5 Å². The lowest BCUT2D eigenvalue weighted by Crippen LogP contribution is -2.20. The van der Waals surface area contributed by atoms with E-state index in [1.165, 1.54) is 122 Å². The van der Waals surface area contributed by atoms with Gasteiger partial charge in [-0.1, -0.05) is 76.9 Å². The highest BCUT2D eigenvalue weighted by molar-refractivity contribution is 4.81. The Morgan fingerprint density at radius 1 is 0.609 bits per heavy atom. The van der Waals surface area contributed by atoms with Crippen LogP contribution in [0.5, 0.6) is 0 Å². The number of nitrogens with zero attached hydrogens (tertiary/aromatic N) is 1. The molecule has 0 saturated carbocycles. The van der Waals surface area contributed by atoms with Crippen LogP contribution >= 0.6 is 0 Å². The van der Waals surface area contributed by atoms with Gasteiger partial charge in [0.2, 0.25) is 0 Å². The van der Waals surface area contributed by atoms with Crippen molar-refractivity contribution in [2.24, 2.45) is 0 Å². The summed E-state index contributed by atoms with van der Waals surface area (Å²) in [5.41, 5.74) is 0. The molecule has 0 bridgehead atoms. The van der Waals surface area contributed by atoms with Crippen molar-refractivity contribution in [2.75, 3.05) is 19.6 Å². The third kappa shape index (κ3) is 13.8. The minimum Gasteiger partial charge on any atom is -0.303 e. The van der Waals surface area contributed by atoms with Crippen LogP contribution in [0.4, 0.5) is 0 Å². The predicted octanol–water partition coefficient (Wildman–Crippen LogP) is 7.12. The summed E-state index contributed by atoms with van der Waals surface area (Å²) in [5, 5.41) is 0. The summed E-state index contributed by atoms with van der Waals surface area (Å²) in [6.07, 6.45) is 27.5. The lowest BCUT2D eigenvalue weighted by atomic mass is 10.1. The van der Waals surface area contributed by atoms with Crippen molar-refractivity contribution in [2.45, 2.75) is 110 Å². The van der Waals surface area contributed by atoms with Gasteiger partial charge < -0.3 is 4.90 Å². The molecule has 1 aliphatic rings. The predicted molar refractivity (Wildman–Crippen MR) is 105 cm³/mol. The molecule has 0 aromatic carbocycles. The number of hydrogen-bond donors (Lipinski definition) is 0. The van der Waals surface area contributed by atoms with E-state index in [2.05, 4.69) is 24.0 Å². The number of hydrogen-bond acceptors (Lipinski definition) is 1. The van der Waals surface area contributed by atoms with Crippen molar-refractivity contribution in [1.82, 2.24) is 4.90 Å². The van der Waals surface area contributed by atoms with E-state index in [1.54, 1.807) is 0 Å². The molecule has 1 fully saturated rings. The topological polar surface area (TPSA) is 3.24 Å². The number of allylic oxidation sites excluding steroid dienone is 2. The average molecular weight is 322 g/mol. The molecule has 0 atom stereocenters. The van der Waals surface area contributed by atoms with Gasteiger partial charge in [0.05, 0.1) is 0 Å². The molecule has 0 aromatic rings. The summed E-state index contributed by atoms with van der Waals surface area (Å²) in [6, 6.07) is 0. The zero-order chi connectivity index (χ0) is 16.4. The van der Waals surface area contributed by atoms with Crippen LogP contribution in [0.2, 0.25) is 0 Å². The van der Waals surface area contributed by atoms with E-state index in [1.807, 2.05) is 0 Å². The summed E-state index contributed by atoms with van der Waals surface area (Å²) in [4.78, 5) is 2.65. The van der Waals surface area contributed by atoms with Crippen molar-refractivity contribution in [3.8, 4) is 0 Å². The summed E-state index contributed by atoms with van der Waals surface area (Å²) in [7, 11) is 0. The van der Waals surface area contributed by atoms with Crippen LogP contribution < -0.4 is 0 Å². The van der Waals surface area contributed by atoms with Crippen molar-refractivity contribution in [3.05, 3.63) is 12.2 Å². The summed E-state index contributed by atoms with van der Waals surface area (Å²) in [6.45, 7) is 6.38. The van der Waals surface area contributed by atoms with Gasteiger partial charge in [-0.05, 0) is 64.6 Å². The molecule has 1 rings (SSSR count). The Morgan fingerprint density at radius 2 is 1.09 bits per heavy atom. The zero-order valence-electron chi connectivity index (χ0n) is 16.0. The van der Waals surface area contributed by atoms with Crippen LogP contribution in [0.3, 0.4) is 0 Å². The van der Waals surface area contributed by atoms with E-state index in [9.17, 15) is 0 Å². The van der Waals surface area contributed by atoms with Gasteiger partial charge in [0.25, 0.3) is 0 Å². The molecule has 1 aliphatic heterocycles. The maximum Gasteiger partial charge on any atom is -0.00183 e. The molecule has 136 valence electrons. The lowest BCUT2D eigenvalue weighted by Gasteiger charge is -2.13. The molecular formula is C22H43N. The normalized spacial score (nSPS) is 15.9. The molecule has 0 aromatic heterocycles. The molecule has 0 spiro atoms. The highest BCUT2D eigenvalue weighted by Gasteiger charge is 2.09. The summed E-state index contributed by atoms with van der Waals surface area (Å²) >= 11 is 0. The maximum atomic E-state index is 2.65. The molecule has 1 heteroatoms. The van der Waals surface area contributed by atoms with Gasteiger partial charge in [0.1, 0.15) is 0 Å². The Balaban J connectivity index is 1.69. The molecular weight excluding hydrogens is 278 g/mol. The van der Waals surface area contributed by atoms with E-state index in [-0.39, 0.29) is 0 Å². The van der Waals surface area contributed by atoms with Crippen LogP contribution in [0, 0.1) is 0 Å². The standard InChI is InChI=1S/C22H43N/c1-2-3-4-5-6-7-8-9-10-11-12-13-14-15-16-17-20-23-21-18-19-22-23/h9-10H,2-8,11-22H2,1H3. The largest absolute Gasteiger partial charge is 0.303 e. The Morgan fingerprint density at radius 3 is 1.65 bits per heavy atom. The number of rotatable bonds is 16. The molecule has 1 heterocycles. The smallest absolute Gasteiger partial charge is 0.00183 e. The first-order valence-corrected chi connectivity index (χ1v) is 10.8. The molecule has 1 saturated heterocycles. The Labute approximate surface area is 146 Å². The van der Waals surface area contributed by atoms with Gasteiger partial charge >= 0.3 is 0 Å². The molecule has 1 nitrogen and oxygen atoms in total. The SMILES string of the molecule is CCCCCCCCC=CCCCCCCCCN1CCCC1. The fraction of sp³-hybridized carbons (Fsp3) is 0.909. The van der Waals surface area contributed by atoms with Crippen LogP contribution in [0.1, 0.15) is 110 Å². The second-order valence-corrected chi connectivity index (χ2v) is 7.49. The molecule has 0 radical (unpaired) electrons. The Bertz CT molecular complexity index is 253. The van der Waals surface area contributed by atoms with Gasteiger partial charge in [-0.3, -0.25) is 0 Å². The highest BCUT2D eigenvalue weighted by atomic mass is 15.1. The molecule has 0 aliphatic carbocycles. The lowest BCUT2D eigenvalue weighted by molar-refractivity contribution is 0.327. The van der Waals surface area contributed by atoms with Crippen molar-refractivity contribution < 1.29 is 0 Å². The maximum absolute atomic E-state index is 2.65. The first-order valence-electron chi connectivity index (χ1n) is 10.8. The summed E-state index contributed by atoms with van der Waals surface area (Å²) in [5.74, 6) is 0. The Kier molecular flexibility index (Phi) is 14.9. The van der Waals surface area contributed by atoms with Crippen molar-refractivity contribution >= 4 is 0 Å². The van der Waals surface area contributed by atoms with E-state index in [4.69, 9.17) is 0 Å². The van der Waals surface area contributed by atoms with Crippen molar-refractivity contribution in [3.63, 3.8) is 0 Å². The van der Waals surface area contributed by atoms with Crippen LogP contribution in [0.25, 0.3) is 0 Å². The van der Waals surface area contributed by atoms with Gasteiger partial charge in [0, 0.05) is 0 Å². The van der Waals surface area contributed by atoms with Crippen LogP contribution in [-0.2, 0) is 0 Å². The quantitative estimate of drug-likeness (QED) is 0.216. The third-order valence-electron chi connectivity index (χ3n) is 5.18.